The number of methoxy groups -OCH3 is 1. The van der Waals surface area contributed by atoms with E-state index in [1.807, 2.05) is 6.07 Å². The summed E-state index contributed by atoms with van der Waals surface area (Å²) in [4.78, 5) is 24.1. The molecule has 0 spiro atoms. The Morgan fingerprint density at radius 2 is 2.16 bits per heavy atom. The lowest BCUT2D eigenvalue weighted by atomic mass is 10.1. The van der Waals surface area contributed by atoms with Gasteiger partial charge >= 0.3 is 5.97 Å². The minimum Gasteiger partial charge on any atom is -0.476 e. The Kier molecular flexibility index (Phi) is 3.64. The number of anilines is 2. The van der Waals surface area contributed by atoms with E-state index in [0.29, 0.717) is 17.1 Å². The third kappa shape index (κ3) is 2.55. The predicted octanol–water partition coefficient (Wildman–Crippen LogP) is 1.83. The number of nitrogens with one attached hydrogen (secondary N) is 1. The molecular formula is C17H16N4O4. The number of esters is 1. The van der Waals surface area contributed by atoms with E-state index in [4.69, 9.17) is 20.5 Å². The Bertz CT molecular complexity index is 937. The summed E-state index contributed by atoms with van der Waals surface area (Å²) in [5, 5.41) is 11.9. The number of amides is 1. The SMILES string of the molecule is COC(=O)c1c(N)c(C#N)cn1-c1ccc2c(c1)NC(=O)C(C)(C)O2. The van der Waals surface area contributed by atoms with Gasteiger partial charge in [0.15, 0.2) is 11.3 Å². The molecule has 1 amide bonds. The number of benzene rings is 1. The van der Waals surface area contributed by atoms with Gasteiger partial charge in [0.2, 0.25) is 0 Å². The van der Waals surface area contributed by atoms with Gasteiger partial charge in [-0.2, -0.15) is 5.26 Å². The molecule has 0 radical (unpaired) electrons. The van der Waals surface area contributed by atoms with Gasteiger partial charge in [0.05, 0.1) is 24.0 Å². The highest BCUT2D eigenvalue weighted by Crippen LogP contribution is 2.36. The molecule has 3 N–H and O–H groups in total. The van der Waals surface area contributed by atoms with Crippen molar-refractivity contribution in [1.29, 1.82) is 5.26 Å². The predicted molar refractivity (Wildman–Crippen MR) is 89.6 cm³/mol. The second kappa shape index (κ2) is 5.56. The van der Waals surface area contributed by atoms with E-state index in [9.17, 15) is 9.59 Å². The number of aromatic nitrogens is 1. The van der Waals surface area contributed by atoms with Crippen molar-refractivity contribution in [3.05, 3.63) is 35.7 Å². The van der Waals surface area contributed by atoms with Gasteiger partial charge in [0, 0.05) is 11.9 Å². The highest BCUT2D eigenvalue weighted by Gasteiger charge is 2.35. The van der Waals surface area contributed by atoms with Gasteiger partial charge in [0.1, 0.15) is 11.8 Å². The highest BCUT2D eigenvalue weighted by atomic mass is 16.5. The largest absolute Gasteiger partial charge is 0.476 e. The maximum atomic E-state index is 12.1. The van der Waals surface area contributed by atoms with Crippen molar-refractivity contribution in [2.24, 2.45) is 0 Å². The summed E-state index contributed by atoms with van der Waals surface area (Å²) >= 11 is 0. The zero-order chi connectivity index (χ0) is 18.4. The normalized spacial score (nSPS) is 14.7. The number of ether oxygens (including phenoxy) is 2. The maximum Gasteiger partial charge on any atom is 0.357 e. The molecule has 0 fully saturated rings. The third-order valence-electron chi connectivity index (χ3n) is 3.95. The molecule has 128 valence electrons. The first kappa shape index (κ1) is 16.4. The van der Waals surface area contributed by atoms with Crippen molar-refractivity contribution in [1.82, 2.24) is 4.57 Å². The molecule has 0 bridgehead atoms. The number of nitrogen functional groups attached to an aromatic ring is 1. The Hall–Kier alpha value is -3.47. The minimum atomic E-state index is -0.975. The van der Waals surface area contributed by atoms with Crippen LogP contribution in [0.25, 0.3) is 5.69 Å². The van der Waals surface area contributed by atoms with E-state index in [2.05, 4.69) is 5.32 Å². The van der Waals surface area contributed by atoms with Crippen molar-refractivity contribution < 1.29 is 19.1 Å². The topological polar surface area (TPSA) is 119 Å². The summed E-state index contributed by atoms with van der Waals surface area (Å²) in [5.41, 5.74) is 6.13. The van der Waals surface area contributed by atoms with E-state index in [0.717, 1.165) is 0 Å². The van der Waals surface area contributed by atoms with Gasteiger partial charge in [-0.3, -0.25) is 4.79 Å². The number of nitrogens with zero attached hydrogens (tertiary/aromatic N) is 2. The van der Waals surface area contributed by atoms with Gasteiger partial charge in [-0.15, -0.1) is 0 Å². The summed E-state index contributed by atoms with van der Waals surface area (Å²) in [5.74, 6) is -0.443. The van der Waals surface area contributed by atoms with Crippen LogP contribution in [-0.2, 0) is 9.53 Å². The number of carbonyl (C=O) groups excluding carboxylic acids is 2. The molecule has 2 heterocycles. The molecule has 2 aromatic rings. The van der Waals surface area contributed by atoms with Crippen molar-refractivity contribution in [2.45, 2.75) is 19.4 Å². The first-order valence-corrected chi connectivity index (χ1v) is 7.42. The second-order valence-corrected chi connectivity index (χ2v) is 6.03. The van der Waals surface area contributed by atoms with Crippen LogP contribution in [0, 0.1) is 11.3 Å². The lowest BCUT2D eigenvalue weighted by Crippen LogP contribution is -2.45. The number of nitrogens with two attached hydrogens (primary N) is 1. The third-order valence-corrected chi connectivity index (χ3v) is 3.95. The monoisotopic (exact) mass is 340 g/mol. The smallest absolute Gasteiger partial charge is 0.357 e. The van der Waals surface area contributed by atoms with Gasteiger partial charge < -0.3 is 25.1 Å². The van der Waals surface area contributed by atoms with Crippen molar-refractivity contribution in [3.8, 4) is 17.5 Å². The van der Waals surface area contributed by atoms with E-state index in [1.54, 1.807) is 32.0 Å². The zero-order valence-electron chi connectivity index (χ0n) is 13.9. The summed E-state index contributed by atoms with van der Waals surface area (Å²) < 4.78 is 11.9. The van der Waals surface area contributed by atoms with Gasteiger partial charge in [-0.25, -0.2) is 4.79 Å². The highest BCUT2D eigenvalue weighted by molar-refractivity contribution is 6.00. The fourth-order valence-corrected chi connectivity index (χ4v) is 2.57. The minimum absolute atomic E-state index is 0.0356. The Morgan fingerprint density at radius 3 is 2.80 bits per heavy atom. The van der Waals surface area contributed by atoms with Crippen LogP contribution in [0.2, 0.25) is 0 Å². The first-order chi connectivity index (χ1) is 11.8. The molecule has 8 nitrogen and oxygen atoms in total. The van der Waals surface area contributed by atoms with Crippen LogP contribution in [0.15, 0.2) is 24.4 Å². The molecule has 1 aliphatic heterocycles. The van der Waals surface area contributed by atoms with Crippen LogP contribution in [0.5, 0.6) is 5.75 Å². The maximum absolute atomic E-state index is 12.1. The van der Waals surface area contributed by atoms with Crippen LogP contribution in [0.3, 0.4) is 0 Å². The number of fused-ring (bicyclic) bond motifs is 1. The molecule has 0 saturated heterocycles. The first-order valence-electron chi connectivity index (χ1n) is 7.42. The Balaban J connectivity index is 2.14. The van der Waals surface area contributed by atoms with Gasteiger partial charge in [0.25, 0.3) is 5.91 Å². The van der Waals surface area contributed by atoms with Crippen LogP contribution in [-0.4, -0.2) is 29.2 Å². The fourth-order valence-electron chi connectivity index (χ4n) is 2.57. The average Bonchev–Trinajstić information content (AvgIpc) is 2.91. The zero-order valence-corrected chi connectivity index (χ0v) is 13.9. The Labute approximate surface area is 143 Å². The number of carbonyl (C=O) groups is 2. The van der Waals surface area contributed by atoms with Gasteiger partial charge in [-0.1, -0.05) is 0 Å². The lowest BCUT2D eigenvalue weighted by molar-refractivity contribution is -0.129. The molecule has 3 rings (SSSR count). The summed E-state index contributed by atoms with van der Waals surface area (Å²) in [6.45, 7) is 3.33. The lowest BCUT2D eigenvalue weighted by Gasteiger charge is -2.31. The Morgan fingerprint density at radius 1 is 1.44 bits per heavy atom. The molecule has 25 heavy (non-hydrogen) atoms. The van der Waals surface area contributed by atoms with Gasteiger partial charge in [-0.05, 0) is 32.0 Å². The number of hydrogen-bond donors (Lipinski definition) is 2. The van der Waals surface area contributed by atoms with E-state index in [-0.39, 0.29) is 22.9 Å². The van der Waals surface area contributed by atoms with E-state index >= 15 is 0 Å². The molecule has 0 aliphatic carbocycles. The van der Waals surface area contributed by atoms with Crippen molar-refractivity contribution in [2.75, 3.05) is 18.2 Å². The van der Waals surface area contributed by atoms with Crippen molar-refractivity contribution >= 4 is 23.3 Å². The molecule has 1 aromatic carbocycles. The molecule has 1 aliphatic rings. The van der Waals surface area contributed by atoms with Crippen molar-refractivity contribution in [3.63, 3.8) is 0 Å². The van der Waals surface area contributed by atoms with Crippen LogP contribution < -0.4 is 15.8 Å². The summed E-state index contributed by atoms with van der Waals surface area (Å²) in [7, 11) is 1.23. The van der Waals surface area contributed by atoms with E-state index in [1.165, 1.54) is 17.9 Å². The van der Waals surface area contributed by atoms with Crippen LogP contribution in [0.4, 0.5) is 11.4 Å². The number of nitriles is 1. The molecular weight excluding hydrogens is 324 g/mol. The average molecular weight is 340 g/mol. The molecule has 1 aromatic heterocycles. The molecule has 0 atom stereocenters. The van der Waals surface area contributed by atoms with Crippen LogP contribution >= 0.6 is 0 Å². The molecule has 8 heteroatoms. The second-order valence-electron chi connectivity index (χ2n) is 6.03. The number of rotatable bonds is 2. The number of hydrogen-bond acceptors (Lipinski definition) is 6. The fraction of sp³-hybridized carbons (Fsp3) is 0.235. The summed E-state index contributed by atoms with van der Waals surface area (Å²) in [6.07, 6.45) is 1.44. The van der Waals surface area contributed by atoms with Crippen LogP contribution in [0.1, 0.15) is 29.9 Å². The summed E-state index contributed by atoms with van der Waals surface area (Å²) in [6, 6.07) is 6.94. The standard InChI is InChI=1S/C17H16N4O4/c1-17(2)16(23)20-11-6-10(4-5-12(11)25-17)21-8-9(7-18)13(19)14(21)15(22)24-3/h4-6,8H,19H2,1-3H3,(H,20,23). The molecule has 0 unspecified atom stereocenters. The molecule has 0 saturated carbocycles. The quantitative estimate of drug-likeness (QED) is 0.805. The van der Waals surface area contributed by atoms with E-state index < -0.39 is 11.6 Å².